The van der Waals surface area contributed by atoms with Crippen molar-refractivity contribution in [2.45, 2.75) is 76.8 Å². The summed E-state index contributed by atoms with van der Waals surface area (Å²) in [4.78, 5) is 2.46. The molecule has 1 heterocycles. The molecule has 4 atom stereocenters. The molecule has 2 unspecified atom stereocenters. The van der Waals surface area contributed by atoms with Crippen molar-refractivity contribution in [3.05, 3.63) is 0 Å². The van der Waals surface area contributed by atoms with Crippen LogP contribution in [0.3, 0.4) is 0 Å². The van der Waals surface area contributed by atoms with Crippen LogP contribution >= 0.6 is 0 Å². The fourth-order valence-electron chi connectivity index (χ4n) is 3.11. The minimum Gasteiger partial charge on any atom is -0.373 e. The highest BCUT2D eigenvalue weighted by atomic mass is 16.5. The molecular weight excluding hydrogens is 238 g/mol. The fraction of sp³-hybridized carbons (Fsp3) is 0.933. The Morgan fingerprint density at radius 2 is 1.95 bits per heavy atom. The third-order valence-corrected chi connectivity index (χ3v) is 4.12. The molecular formula is C15H27N3O. The van der Waals surface area contributed by atoms with Gasteiger partial charge in [-0.25, -0.2) is 0 Å². The van der Waals surface area contributed by atoms with Crippen molar-refractivity contribution < 1.29 is 4.74 Å². The summed E-state index contributed by atoms with van der Waals surface area (Å²) in [7, 11) is 0. The third kappa shape index (κ3) is 4.17. The second-order valence-corrected chi connectivity index (χ2v) is 6.63. The average Bonchev–Trinajstić information content (AvgIpc) is 3.11. The molecule has 0 spiro atoms. The predicted molar refractivity (Wildman–Crippen MR) is 75.8 cm³/mol. The van der Waals surface area contributed by atoms with Gasteiger partial charge in [0.1, 0.15) is 5.54 Å². The van der Waals surface area contributed by atoms with E-state index in [1.807, 2.05) is 6.92 Å². The van der Waals surface area contributed by atoms with Gasteiger partial charge in [-0.05, 0) is 47.0 Å². The van der Waals surface area contributed by atoms with Crippen molar-refractivity contribution in [1.82, 2.24) is 10.2 Å². The van der Waals surface area contributed by atoms with E-state index in [4.69, 9.17) is 4.74 Å². The molecule has 0 aromatic heterocycles. The van der Waals surface area contributed by atoms with Crippen LogP contribution in [0.15, 0.2) is 0 Å². The summed E-state index contributed by atoms with van der Waals surface area (Å²) < 4.78 is 5.78. The molecule has 0 radical (unpaired) electrons. The highest BCUT2D eigenvalue weighted by Crippen LogP contribution is 2.26. The maximum atomic E-state index is 9.46. The molecule has 4 nitrogen and oxygen atoms in total. The van der Waals surface area contributed by atoms with Crippen LogP contribution in [0.25, 0.3) is 0 Å². The van der Waals surface area contributed by atoms with E-state index in [2.05, 4.69) is 37.1 Å². The summed E-state index contributed by atoms with van der Waals surface area (Å²) >= 11 is 0. The molecule has 0 bridgehead atoms. The number of hydrogen-bond acceptors (Lipinski definition) is 4. The highest BCUT2D eigenvalue weighted by Gasteiger charge is 2.36. The molecule has 108 valence electrons. The Kier molecular flexibility index (Phi) is 4.50. The van der Waals surface area contributed by atoms with E-state index in [-0.39, 0.29) is 12.2 Å². The zero-order valence-corrected chi connectivity index (χ0v) is 12.6. The first-order valence-corrected chi connectivity index (χ1v) is 7.50. The molecule has 2 aliphatic rings. The van der Waals surface area contributed by atoms with E-state index in [1.165, 1.54) is 12.8 Å². The van der Waals surface area contributed by atoms with E-state index in [9.17, 15) is 5.26 Å². The van der Waals surface area contributed by atoms with E-state index in [1.54, 1.807) is 0 Å². The van der Waals surface area contributed by atoms with Gasteiger partial charge in [-0.3, -0.25) is 10.2 Å². The summed E-state index contributed by atoms with van der Waals surface area (Å²) in [5, 5.41) is 12.9. The molecule has 0 aromatic carbocycles. The van der Waals surface area contributed by atoms with Crippen LogP contribution in [-0.4, -0.2) is 47.8 Å². The van der Waals surface area contributed by atoms with Gasteiger partial charge in [0.05, 0.1) is 18.3 Å². The van der Waals surface area contributed by atoms with Crippen molar-refractivity contribution in [3.63, 3.8) is 0 Å². The molecule has 2 rings (SSSR count). The van der Waals surface area contributed by atoms with Gasteiger partial charge in [0, 0.05) is 25.2 Å². The van der Waals surface area contributed by atoms with Gasteiger partial charge in [-0.1, -0.05) is 0 Å². The fourth-order valence-corrected chi connectivity index (χ4v) is 3.11. The maximum absolute atomic E-state index is 9.46. The van der Waals surface area contributed by atoms with Crippen molar-refractivity contribution in [2.75, 3.05) is 13.1 Å². The minimum absolute atomic E-state index is 0.288. The second-order valence-electron chi connectivity index (χ2n) is 6.63. The lowest BCUT2D eigenvalue weighted by Crippen LogP contribution is -2.53. The molecule has 1 saturated heterocycles. The zero-order chi connectivity index (χ0) is 14.0. The van der Waals surface area contributed by atoms with Crippen LogP contribution in [0, 0.1) is 11.3 Å². The molecule has 4 heteroatoms. The van der Waals surface area contributed by atoms with E-state index < -0.39 is 5.54 Å². The Morgan fingerprint density at radius 1 is 1.37 bits per heavy atom. The van der Waals surface area contributed by atoms with Crippen LogP contribution in [0.2, 0.25) is 0 Å². The lowest BCUT2D eigenvalue weighted by atomic mass is 9.93. The Bertz CT molecular complexity index is 340. The molecule has 0 amide bonds. The number of ether oxygens (including phenoxy) is 1. The first kappa shape index (κ1) is 14.8. The topological polar surface area (TPSA) is 48.3 Å². The van der Waals surface area contributed by atoms with Gasteiger partial charge in [-0.2, -0.15) is 5.26 Å². The van der Waals surface area contributed by atoms with Crippen LogP contribution in [0.5, 0.6) is 0 Å². The van der Waals surface area contributed by atoms with Gasteiger partial charge < -0.3 is 4.74 Å². The van der Waals surface area contributed by atoms with E-state index in [0.29, 0.717) is 12.1 Å². The quantitative estimate of drug-likeness (QED) is 0.825. The zero-order valence-electron chi connectivity index (χ0n) is 12.6. The monoisotopic (exact) mass is 265 g/mol. The average molecular weight is 265 g/mol. The lowest BCUT2D eigenvalue weighted by Gasteiger charge is -2.41. The van der Waals surface area contributed by atoms with Crippen LogP contribution in [-0.2, 0) is 4.74 Å². The van der Waals surface area contributed by atoms with Gasteiger partial charge in [0.15, 0.2) is 0 Å². The molecule has 2 fully saturated rings. The van der Waals surface area contributed by atoms with E-state index in [0.717, 1.165) is 19.5 Å². The number of nitrogens with zero attached hydrogens (tertiary/aromatic N) is 2. The summed E-state index contributed by atoms with van der Waals surface area (Å²) in [5.74, 6) is 0. The van der Waals surface area contributed by atoms with Crippen molar-refractivity contribution in [2.24, 2.45) is 0 Å². The lowest BCUT2D eigenvalue weighted by molar-refractivity contribution is -0.0806. The maximum Gasteiger partial charge on any atom is 0.105 e. The smallest absolute Gasteiger partial charge is 0.105 e. The summed E-state index contributed by atoms with van der Waals surface area (Å²) in [6, 6.07) is 3.45. The molecule has 1 saturated carbocycles. The van der Waals surface area contributed by atoms with Crippen LogP contribution < -0.4 is 5.32 Å². The standard InChI is InChI=1S/C15H27N3O/c1-11(18-8-12(2)19-13(3)9-18)7-15(4,10-16)17-14-5-6-14/h11-14,17H,5-9H2,1-4H3/t11?,12-,13+,15?. The van der Waals surface area contributed by atoms with Crippen molar-refractivity contribution in [1.29, 1.82) is 5.26 Å². The number of morpholine rings is 1. The Labute approximate surface area is 117 Å². The Hall–Kier alpha value is -0.630. The number of rotatable bonds is 5. The first-order valence-electron chi connectivity index (χ1n) is 7.50. The Morgan fingerprint density at radius 3 is 2.42 bits per heavy atom. The minimum atomic E-state index is -0.397. The number of hydrogen-bond donors (Lipinski definition) is 1. The highest BCUT2D eigenvalue weighted by molar-refractivity contribution is 5.08. The van der Waals surface area contributed by atoms with Crippen molar-refractivity contribution >= 4 is 0 Å². The molecule has 19 heavy (non-hydrogen) atoms. The normalized spacial score (nSPS) is 33.4. The molecule has 1 aliphatic heterocycles. The largest absolute Gasteiger partial charge is 0.373 e. The predicted octanol–water partition coefficient (Wildman–Crippen LogP) is 1.91. The molecule has 1 N–H and O–H groups in total. The third-order valence-electron chi connectivity index (χ3n) is 4.12. The first-order chi connectivity index (χ1) is 8.92. The molecule has 1 aliphatic carbocycles. The van der Waals surface area contributed by atoms with Crippen LogP contribution in [0.4, 0.5) is 0 Å². The summed E-state index contributed by atoms with van der Waals surface area (Å²) in [6.07, 6.45) is 3.89. The van der Waals surface area contributed by atoms with Gasteiger partial charge in [0.2, 0.25) is 0 Å². The van der Waals surface area contributed by atoms with Crippen LogP contribution in [0.1, 0.15) is 47.0 Å². The summed E-state index contributed by atoms with van der Waals surface area (Å²) in [5.41, 5.74) is -0.397. The van der Waals surface area contributed by atoms with Gasteiger partial charge in [-0.15, -0.1) is 0 Å². The second kappa shape index (κ2) is 5.78. The van der Waals surface area contributed by atoms with Gasteiger partial charge in [0.25, 0.3) is 0 Å². The SMILES string of the molecule is CC(CC(C)(C#N)NC1CC1)N1C[C@@H](C)O[C@@H](C)C1. The van der Waals surface area contributed by atoms with Crippen molar-refractivity contribution in [3.8, 4) is 6.07 Å². The van der Waals surface area contributed by atoms with Gasteiger partial charge >= 0.3 is 0 Å². The summed E-state index contributed by atoms with van der Waals surface area (Å²) in [6.45, 7) is 10.5. The number of nitriles is 1. The van der Waals surface area contributed by atoms with E-state index >= 15 is 0 Å². The molecule has 0 aromatic rings. The Balaban J connectivity index is 1.91. The number of nitrogens with one attached hydrogen (secondary N) is 1.